The Morgan fingerprint density at radius 3 is 2.65 bits per heavy atom. The third-order valence-electron chi connectivity index (χ3n) is 2.39. The first-order valence-corrected chi connectivity index (χ1v) is 6.04. The Balaban J connectivity index is 2.02. The van der Waals surface area contributed by atoms with Gasteiger partial charge in [-0.2, -0.15) is 0 Å². The number of hydrogen-bond donors (Lipinski definition) is 1. The molecule has 0 saturated heterocycles. The zero-order valence-electron chi connectivity index (χ0n) is 9.48. The number of anilines is 1. The van der Waals surface area contributed by atoms with Crippen LogP contribution in [0.4, 0.5) is 5.69 Å². The molecule has 2 N–H and O–H groups in total. The van der Waals surface area contributed by atoms with Gasteiger partial charge in [0.05, 0.1) is 0 Å². The molecule has 4 heteroatoms. The summed E-state index contributed by atoms with van der Waals surface area (Å²) in [6, 6.07) is 9.52. The van der Waals surface area contributed by atoms with E-state index in [0.717, 1.165) is 21.3 Å². The first-order valence-electron chi connectivity index (χ1n) is 5.24. The number of rotatable bonds is 3. The monoisotopic (exact) mass is 292 g/mol. The molecule has 0 radical (unpaired) electrons. The molecule has 1 aromatic carbocycles. The number of benzene rings is 1. The molecule has 0 aliphatic carbocycles. The molecule has 17 heavy (non-hydrogen) atoms. The SMILES string of the molecule is Cc1cc(OCc2ccc(N)cc2)ncc1Br. The largest absolute Gasteiger partial charge is 0.473 e. The van der Waals surface area contributed by atoms with Gasteiger partial charge in [0, 0.05) is 22.4 Å². The van der Waals surface area contributed by atoms with Crippen LogP contribution in [0.25, 0.3) is 0 Å². The van der Waals surface area contributed by atoms with Crippen molar-refractivity contribution < 1.29 is 4.74 Å². The second-order valence-electron chi connectivity index (χ2n) is 3.80. The van der Waals surface area contributed by atoms with E-state index in [2.05, 4.69) is 20.9 Å². The summed E-state index contributed by atoms with van der Waals surface area (Å²) in [5, 5.41) is 0. The predicted molar refractivity (Wildman–Crippen MR) is 71.9 cm³/mol. The summed E-state index contributed by atoms with van der Waals surface area (Å²) < 4.78 is 6.58. The lowest BCUT2D eigenvalue weighted by molar-refractivity contribution is 0.293. The minimum Gasteiger partial charge on any atom is -0.473 e. The highest BCUT2D eigenvalue weighted by Gasteiger charge is 2.00. The zero-order chi connectivity index (χ0) is 12.3. The van der Waals surface area contributed by atoms with Crippen molar-refractivity contribution in [1.29, 1.82) is 0 Å². The van der Waals surface area contributed by atoms with Crippen molar-refractivity contribution in [2.45, 2.75) is 13.5 Å². The highest BCUT2D eigenvalue weighted by Crippen LogP contribution is 2.19. The number of nitrogens with zero attached hydrogens (tertiary/aromatic N) is 1. The van der Waals surface area contributed by atoms with Crippen molar-refractivity contribution in [2.24, 2.45) is 0 Å². The van der Waals surface area contributed by atoms with Gasteiger partial charge in [0.25, 0.3) is 0 Å². The Morgan fingerprint density at radius 1 is 1.29 bits per heavy atom. The minimum absolute atomic E-state index is 0.494. The number of nitrogens with two attached hydrogens (primary N) is 1. The van der Waals surface area contributed by atoms with Crippen molar-refractivity contribution >= 4 is 21.6 Å². The van der Waals surface area contributed by atoms with Gasteiger partial charge in [-0.15, -0.1) is 0 Å². The van der Waals surface area contributed by atoms with Crippen molar-refractivity contribution in [3.63, 3.8) is 0 Å². The zero-order valence-corrected chi connectivity index (χ0v) is 11.1. The minimum atomic E-state index is 0.494. The topological polar surface area (TPSA) is 48.1 Å². The molecule has 0 atom stereocenters. The maximum absolute atomic E-state index is 5.61. The van der Waals surface area contributed by atoms with Crippen LogP contribution in [0.1, 0.15) is 11.1 Å². The summed E-state index contributed by atoms with van der Waals surface area (Å²) >= 11 is 3.40. The summed E-state index contributed by atoms with van der Waals surface area (Å²) in [5.41, 5.74) is 8.54. The van der Waals surface area contributed by atoms with Crippen molar-refractivity contribution in [3.05, 3.63) is 52.1 Å². The Hall–Kier alpha value is -1.55. The van der Waals surface area contributed by atoms with Gasteiger partial charge >= 0.3 is 0 Å². The molecule has 0 saturated carbocycles. The molecule has 0 aliphatic rings. The van der Waals surface area contributed by atoms with E-state index in [1.807, 2.05) is 37.3 Å². The number of pyridine rings is 1. The van der Waals surface area contributed by atoms with Gasteiger partial charge in [0.15, 0.2) is 0 Å². The first-order chi connectivity index (χ1) is 8.15. The van der Waals surface area contributed by atoms with Crippen molar-refractivity contribution in [2.75, 3.05) is 5.73 Å². The number of aromatic nitrogens is 1. The lowest BCUT2D eigenvalue weighted by Gasteiger charge is -2.07. The van der Waals surface area contributed by atoms with Gasteiger partial charge in [0.1, 0.15) is 6.61 Å². The Labute approximate surface area is 109 Å². The van der Waals surface area contributed by atoms with E-state index < -0.39 is 0 Å². The van der Waals surface area contributed by atoms with E-state index in [1.54, 1.807) is 6.20 Å². The van der Waals surface area contributed by atoms with Crippen LogP contribution in [0.3, 0.4) is 0 Å². The van der Waals surface area contributed by atoms with Crippen LogP contribution in [-0.2, 0) is 6.61 Å². The summed E-state index contributed by atoms with van der Waals surface area (Å²) in [4.78, 5) is 4.18. The van der Waals surface area contributed by atoms with E-state index in [-0.39, 0.29) is 0 Å². The smallest absolute Gasteiger partial charge is 0.213 e. The fourth-order valence-corrected chi connectivity index (χ4v) is 1.58. The normalized spacial score (nSPS) is 10.2. The van der Waals surface area contributed by atoms with Gasteiger partial charge < -0.3 is 10.5 Å². The van der Waals surface area contributed by atoms with E-state index in [1.165, 1.54) is 0 Å². The molecular weight excluding hydrogens is 280 g/mol. The molecule has 0 bridgehead atoms. The molecule has 0 amide bonds. The van der Waals surface area contributed by atoms with E-state index in [9.17, 15) is 0 Å². The molecule has 0 aliphatic heterocycles. The van der Waals surface area contributed by atoms with Crippen LogP contribution in [0, 0.1) is 6.92 Å². The fourth-order valence-electron chi connectivity index (χ4n) is 1.36. The maximum atomic E-state index is 5.61. The predicted octanol–water partition coefficient (Wildman–Crippen LogP) is 3.31. The maximum Gasteiger partial charge on any atom is 0.213 e. The van der Waals surface area contributed by atoms with Crippen LogP contribution in [-0.4, -0.2) is 4.98 Å². The molecule has 1 aromatic heterocycles. The number of hydrogen-bond acceptors (Lipinski definition) is 3. The molecule has 2 aromatic rings. The van der Waals surface area contributed by atoms with E-state index in [0.29, 0.717) is 12.5 Å². The van der Waals surface area contributed by atoms with Crippen LogP contribution in [0.2, 0.25) is 0 Å². The molecule has 1 heterocycles. The van der Waals surface area contributed by atoms with Crippen molar-refractivity contribution in [3.8, 4) is 5.88 Å². The van der Waals surface area contributed by atoms with Crippen molar-refractivity contribution in [1.82, 2.24) is 4.98 Å². The fraction of sp³-hybridized carbons (Fsp3) is 0.154. The van der Waals surface area contributed by atoms with Crippen LogP contribution in [0.5, 0.6) is 5.88 Å². The van der Waals surface area contributed by atoms with Gasteiger partial charge in [-0.3, -0.25) is 0 Å². The standard InChI is InChI=1S/C13H13BrN2O/c1-9-6-13(16-7-12(9)14)17-8-10-2-4-11(15)5-3-10/h2-7H,8,15H2,1H3. The van der Waals surface area contributed by atoms with Crippen LogP contribution >= 0.6 is 15.9 Å². The molecular formula is C13H13BrN2O. The molecule has 2 rings (SSSR count). The average molecular weight is 293 g/mol. The first kappa shape index (κ1) is 11.9. The number of halogens is 1. The third kappa shape index (κ3) is 3.20. The van der Waals surface area contributed by atoms with Gasteiger partial charge in [-0.05, 0) is 46.1 Å². The molecule has 88 valence electrons. The van der Waals surface area contributed by atoms with Crippen LogP contribution < -0.4 is 10.5 Å². The second kappa shape index (κ2) is 5.19. The molecule has 0 fully saturated rings. The van der Waals surface area contributed by atoms with E-state index in [4.69, 9.17) is 10.5 Å². The van der Waals surface area contributed by atoms with Gasteiger partial charge in [-0.1, -0.05) is 12.1 Å². The third-order valence-corrected chi connectivity index (χ3v) is 3.22. The molecule has 0 unspecified atom stereocenters. The Bertz CT molecular complexity index is 511. The van der Waals surface area contributed by atoms with Gasteiger partial charge in [0.2, 0.25) is 5.88 Å². The highest BCUT2D eigenvalue weighted by molar-refractivity contribution is 9.10. The molecule has 3 nitrogen and oxygen atoms in total. The number of nitrogen functional groups attached to an aromatic ring is 1. The highest BCUT2D eigenvalue weighted by atomic mass is 79.9. The number of aryl methyl sites for hydroxylation is 1. The summed E-state index contributed by atoms with van der Waals surface area (Å²) in [6.07, 6.45) is 1.74. The lowest BCUT2D eigenvalue weighted by Crippen LogP contribution is -1.98. The van der Waals surface area contributed by atoms with E-state index >= 15 is 0 Å². The lowest BCUT2D eigenvalue weighted by atomic mass is 10.2. The Morgan fingerprint density at radius 2 is 2.00 bits per heavy atom. The molecule has 0 spiro atoms. The Kier molecular flexibility index (Phi) is 3.64. The van der Waals surface area contributed by atoms with Gasteiger partial charge in [-0.25, -0.2) is 4.98 Å². The van der Waals surface area contributed by atoms with Crippen LogP contribution in [0.15, 0.2) is 41.0 Å². The number of ether oxygens (including phenoxy) is 1. The summed E-state index contributed by atoms with van der Waals surface area (Å²) in [5.74, 6) is 0.627. The second-order valence-corrected chi connectivity index (χ2v) is 4.66. The summed E-state index contributed by atoms with van der Waals surface area (Å²) in [6.45, 7) is 2.50. The summed E-state index contributed by atoms with van der Waals surface area (Å²) in [7, 11) is 0. The quantitative estimate of drug-likeness (QED) is 0.883. The average Bonchev–Trinajstić information content (AvgIpc) is 2.33.